The molecule has 1 aromatic carbocycles. The van der Waals surface area contributed by atoms with Gasteiger partial charge in [-0.25, -0.2) is 18.4 Å². The number of primary sulfonamides is 1. The smallest absolute Gasteiger partial charge is 0.340 e. The molecule has 2 fully saturated rings. The Balaban J connectivity index is 1.78. The van der Waals surface area contributed by atoms with Crippen molar-refractivity contribution in [2.24, 2.45) is 5.14 Å². The van der Waals surface area contributed by atoms with Gasteiger partial charge in [0, 0.05) is 39.3 Å². The van der Waals surface area contributed by atoms with Crippen molar-refractivity contribution >= 4 is 31.9 Å². The molecule has 2 aliphatic rings. The molecule has 0 aliphatic carbocycles. The summed E-state index contributed by atoms with van der Waals surface area (Å²) in [7, 11) is -6.44. The summed E-state index contributed by atoms with van der Waals surface area (Å²) in [6.45, 7) is 5.38. The number of rotatable bonds is 5. The lowest BCUT2D eigenvalue weighted by molar-refractivity contribution is -0.0455. The van der Waals surface area contributed by atoms with E-state index in [9.17, 15) is 21.6 Å². The largest absolute Gasteiger partial charge is 0.465 e. The molecule has 0 spiro atoms. The Morgan fingerprint density at radius 2 is 1.61 bits per heavy atom. The van der Waals surface area contributed by atoms with Gasteiger partial charge in [-0.1, -0.05) is 0 Å². The van der Waals surface area contributed by atoms with E-state index < -0.39 is 26.2 Å². The number of methoxy groups -OCH3 is 1. The summed E-state index contributed by atoms with van der Waals surface area (Å²) in [4.78, 5) is 13.9. The van der Waals surface area contributed by atoms with Gasteiger partial charge in [0.2, 0.25) is 10.0 Å². The summed E-state index contributed by atoms with van der Waals surface area (Å²) in [5, 5.41) is 5.17. The molecule has 174 valence electrons. The Bertz CT molecular complexity index is 1030. The summed E-state index contributed by atoms with van der Waals surface area (Å²) in [6.07, 6.45) is -0.362. The number of morpholine rings is 1. The quantitative estimate of drug-likeness (QED) is 0.566. The van der Waals surface area contributed by atoms with Gasteiger partial charge in [0.15, 0.2) is 0 Å². The van der Waals surface area contributed by atoms with Crippen molar-refractivity contribution < 1.29 is 31.1 Å². The van der Waals surface area contributed by atoms with E-state index in [4.69, 9.17) is 14.6 Å². The molecule has 0 saturated carbocycles. The zero-order valence-corrected chi connectivity index (χ0v) is 19.4. The number of sulfonamides is 1. The molecule has 2 atom stereocenters. The minimum atomic E-state index is -3.99. The van der Waals surface area contributed by atoms with Crippen LogP contribution in [0.4, 0.5) is 5.69 Å². The Kier molecular flexibility index (Phi) is 6.93. The van der Waals surface area contributed by atoms with Crippen LogP contribution in [-0.2, 0) is 29.7 Å². The fourth-order valence-electron chi connectivity index (χ4n) is 3.88. The number of carbonyl (C=O) groups is 1. The van der Waals surface area contributed by atoms with Crippen LogP contribution in [0.2, 0.25) is 0 Å². The van der Waals surface area contributed by atoms with Crippen molar-refractivity contribution in [2.45, 2.75) is 31.0 Å². The van der Waals surface area contributed by atoms with Gasteiger partial charge in [-0.05, 0) is 32.0 Å². The van der Waals surface area contributed by atoms with Crippen LogP contribution in [0.25, 0.3) is 0 Å². The zero-order valence-electron chi connectivity index (χ0n) is 17.7. The summed E-state index contributed by atoms with van der Waals surface area (Å²) < 4.78 is 62.7. The van der Waals surface area contributed by atoms with Gasteiger partial charge >= 0.3 is 5.97 Å². The molecule has 2 N–H and O–H groups in total. The first kappa shape index (κ1) is 23.9. The van der Waals surface area contributed by atoms with Crippen LogP contribution in [0.1, 0.15) is 24.2 Å². The van der Waals surface area contributed by atoms with Gasteiger partial charge in [-0.2, -0.15) is 17.0 Å². The topological polar surface area (TPSA) is 140 Å². The second-order valence-electron chi connectivity index (χ2n) is 7.68. The maximum Gasteiger partial charge on any atom is 0.340 e. The normalized spacial score (nSPS) is 24.2. The molecule has 0 amide bonds. The maximum absolute atomic E-state index is 13.1. The number of piperazine rings is 1. The minimum Gasteiger partial charge on any atom is -0.465 e. The van der Waals surface area contributed by atoms with Gasteiger partial charge < -0.3 is 14.4 Å². The van der Waals surface area contributed by atoms with Crippen LogP contribution in [0.3, 0.4) is 0 Å². The number of carbonyl (C=O) groups excluding carboxylic acids is 1. The zero-order chi connectivity index (χ0) is 23.0. The molecule has 2 aliphatic heterocycles. The first-order valence-electron chi connectivity index (χ1n) is 9.84. The van der Waals surface area contributed by atoms with E-state index in [-0.39, 0.29) is 35.8 Å². The number of anilines is 1. The standard InChI is InChI=1S/C18H28N4O7S2/c1-13-11-22(12-14(2)29-13)31(26,27)21-8-6-20(7-9-21)17-5-4-15(30(19,24)25)10-16(17)18(23)28-3/h4-5,10,13-14H,6-9,11-12H2,1-3H3,(H2,19,24,25). The average molecular weight is 477 g/mol. The number of nitrogens with two attached hydrogens (primary N) is 1. The molecule has 2 saturated heterocycles. The molecule has 0 aromatic heterocycles. The molecule has 3 rings (SSSR count). The Morgan fingerprint density at radius 3 is 2.13 bits per heavy atom. The van der Waals surface area contributed by atoms with E-state index in [1.165, 1.54) is 33.9 Å². The Morgan fingerprint density at radius 1 is 1.03 bits per heavy atom. The molecule has 11 nitrogen and oxygen atoms in total. The van der Waals surface area contributed by atoms with Gasteiger partial charge in [-0.15, -0.1) is 0 Å². The first-order valence-corrected chi connectivity index (χ1v) is 12.8. The molecule has 31 heavy (non-hydrogen) atoms. The van der Waals surface area contributed by atoms with Crippen LogP contribution in [-0.4, -0.2) is 90.0 Å². The molecule has 0 radical (unpaired) electrons. The summed E-state index contributed by atoms with van der Waals surface area (Å²) >= 11 is 0. The lowest BCUT2D eigenvalue weighted by Crippen LogP contribution is -2.57. The van der Waals surface area contributed by atoms with Crippen LogP contribution in [0.15, 0.2) is 23.1 Å². The predicted molar refractivity (Wildman–Crippen MR) is 113 cm³/mol. The number of nitrogens with zero attached hydrogens (tertiary/aromatic N) is 3. The number of hydrogen-bond acceptors (Lipinski definition) is 8. The summed E-state index contributed by atoms with van der Waals surface area (Å²) in [6, 6.07) is 3.98. The van der Waals surface area contributed by atoms with Crippen molar-refractivity contribution in [2.75, 3.05) is 51.3 Å². The van der Waals surface area contributed by atoms with Gasteiger partial charge in [-0.3, -0.25) is 0 Å². The molecular weight excluding hydrogens is 448 g/mol. The van der Waals surface area contributed by atoms with Crippen molar-refractivity contribution in [1.82, 2.24) is 8.61 Å². The van der Waals surface area contributed by atoms with Crippen LogP contribution in [0, 0.1) is 0 Å². The SMILES string of the molecule is COC(=O)c1cc(S(N)(=O)=O)ccc1N1CCN(S(=O)(=O)N2CC(C)OC(C)C2)CC1. The molecule has 13 heteroatoms. The van der Waals surface area contributed by atoms with Crippen molar-refractivity contribution in [1.29, 1.82) is 0 Å². The molecule has 2 heterocycles. The van der Waals surface area contributed by atoms with E-state index >= 15 is 0 Å². The molecule has 1 aromatic rings. The Labute approximate surface area is 182 Å². The predicted octanol–water partition coefficient (Wildman–Crippen LogP) is -0.403. The van der Waals surface area contributed by atoms with E-state index in [2.05, 4.69) is 0 Å². The summed E-state index contributed by atoms with van der Waals surface area (Å²) in [5.74, 6) is -0.702. The lowest BCUT2D eigenvalue weighted by atomic mass is 10.1. The van der Waals surface area contributed by atoms with Crippen molar-refractivity contribution in [3.63, 3.8) is 0 Å². The lowest BCUT2D eigenvalue weighted by Gasteiger charge is -2.41. The van der Waals surface area contributed by atoms with E-state index in [0.717, 1.165) is 0 Å². The minimum absolute atomic E-state index is 0.0566. The van der Waals surface area contributed by atoms with E-state index in [1.54, 1.807) is 0 Å². The Hall–Kier alpha value is -1.77. The fraction of sp³-hybridized carbons (Fsp3) is 0.611. The third kappa shape index (κ3) is 5.18. The van der Waals surface area contributed by atoms with Crippen LogP contribution >= 0.6 is 0 Å². The van der Waals surface area contributed by atoms with Crippen molar-refractivity contribution in [3.05, 3.63) is 23.8 Å². The van der Waals surface area contributed by atoms with Gasteiger partial charge in [0.1, 0.15) is 0 Å². The van der Waals surface area contributed by atoms with E-state index in [1.807, 2.05) is 18.7 Å². The highest BCUT2D eigenvalue weighted by molar-refractivity contribution is 7.89. The summed E-state index contributed by atoms with van der Waals surface area (Å²) in [5.41, 5.74) is 0.520. The number of hydrogen-bond donors (Lipinski definition) is 1. The second-order valence-corrected chi connectivity index (χ2v) is 11.2. The van der Waals surface area contributed by atoms with Crippen LogP contribution < -0.4 is 10.0 Å². The maximum atomic E-state index is 13.1. The van der Waals surface area contributed by atoms with E-state index in [0.29, 0.717) is 31.9 Å². The number of ether oxygens (including phenoxy) is 2. The molecule has 0 bridgehead atoms. The second kappa shape index (κ2) is 9.00. The average Bonchev–Trinajstić information content (AvgIpc) is 2.71. The fourth-order valence-corrected chi connectivity index (χ4v) is 6.17. The van der Waals surface area contributed by atoms with Gasteiger partial charge in [0.25, 0.3) is 10.2 Å². The number of esters is 1. The highest BCUT2D eigenvalue weighted by Gasteiger charge is 2.37. The third-order valence-electron chi connectivity index (χ3n) is 5.32. The van der Waals surface area contributed by atoms with Crippen LogP contribution in [0.5, 0.6) is 0 Å². The van der Waals surface area contributed by atoms with Gasteiger partial charge in [0.05, 0.1) is 35.5 Å². The highest BCUT2D eigenvalue weighted by Crippen LogP contribution is 2.27. The third-order valence-corrected chi connectivity index (χ3v) is 8.20. The number of benzene rings is 1. The monoisotopic (exact) mass is 476 g/mol. The van der Waals surface area contributed by atoms with Crippen molar-refractivity contribution in [3.8, 4) is 0 Å². The molecule has 2 unspecified atom stereocenters. The molecular formula is C18H28N4O7S2. The highest BCUT2D eigenvalue weighted by atomic mass is 32.2. The first-order chi connectivity index (χ1) is 14.4.